The van der Waals surface area contributed by atoms with Gasteiger partial charge in [-0.2, -0.15) is 0 Å². The average Bonchev–Trinajstić information content (AvgIpc) is 3.22. The molecule has 4 aromatic rings. The maximum absolute atomic E-state index is 12.8. The van der Waals surface area contributed by atoms with Crippen molar-refractivity contribution in [2.75, 3.05) is 26.1 Å². The Morgan fingerprint density at radius 3 is 2.39 bits per heavy atom. The summed E-state index contributed by atoms with van der Waals surface area (Å²) in [6, 6.07) is 19.8. The van der Waals surface area contributed by atoms with Gasteiger partial charge in [-0.3, -0.25) is 0 Å². The van der Waals surface area contributed by atoms with Crippen LogP contribution in [0.5, 0.6) is 11.5 Å². The summed E-state index contributed by atoms with van der Waals surface area (Å²) in [5.74, 6) is 1.23. The summed E-state index contributed by atoms with van der Waals surface area (Å²) < 4.78 is 10.9. The molecule has 0 saturated heterocycles. The zero-order valence-electron chi connectivity index (χ0n) is 19.4. The van der Waals surface area contributed by atoms with Gasteiger partial charge in [-0.15, -0.1) is 0 Å². The zero-order chi connectivity index (χ0) is 23.4. The highest BCUT2D eigenvalue weighted by atomic mass is 16.5. The lowest BCUT2D eigenvalue weighted by Crippen LogP contribution is -2.32. The highest BCUT2D eigenvalue weighted by Gasteiger charge is 2.21. The van der Waals surface area contributed by atoms with Crippen molar-refractivity contribution in [3.8, 4) is 11.5 Å². The molecule has 170 valence electrons. The van der Waals surface area contributed by atoms with E-state index in [1.807, 2.05) is 68.6 Å². The van der Waals surface area contributed by atoms with E-state index < -0.39 is 0 Å². The minimum atomic E-state index is -0.245. The summed E-state index contributed by atoms with van der Waals surface area (Å²) in [5.41, 5.74) is 6.16. The van der Waals surface area contributed by atoms with E-state index in [9.17, 15) is 4.79 Å². The maximum Gasteiger partial charge on any atom is 0.319 e. The van der Waals surface area contributed by atoms with Crippen LogP contribution < -0.4 is 20.1 Å². The van der Waals surface area contributed by atoms with Gasteiger partial charge in [0, 0.05) is 35.2 Å². The van der Waals surface area contributed by atoms with Crippen molar-refractivity contribution >= 4 is 22.6 Å². The van der Waals surface area contributed by atoms with Crippen molar-refractivity contribution in [3.05, 3.63) is 89.1 Å². The number of benzene rings is 3. The first kappa shape index (κ1) is 22.3. The summed E-state index contributed by atoms with van der Waals surface area (Å²) in [5, 5.41) is 7.12. The topological polar surface area (TPSA) is 75.4 Å². The monoisotopic (exact) mass is 443 g/mol. The van der Waals surface area contributed by atoms with Gasteiger partial charge in [-0.05, 0) is 66.4 Å². The van der Waals surface area contributed by atoms with Crippen molar-refractivity contribution in [1.29, 1.82) is 0 Å². The molecule has 6 heteroatoms. The molecular weight excluding hydrogens is 414 g/mol. The first-order valence-corrected chi connectivity index (χ1v) is 10.9. The SMILES string of the molecule is COc1ccc([C@H](CNC(=O)Nc2cc(C)cc(C)c2)c2c[nH]c3ccccc23)cc1OC. The van der Waals surface area contributed by atoms with Crippen LogP contribution in [0.3, 0.4) is 0 Å². The third kappa shape index (κ3) is 4.95. The molecule has 1 aromatic heterocycles. The first-order chi connectivity index (χ1) is 16.0. The molecule has 1 heterocycles. The highest BCUT2D eigenvalue weighted by molar-refractivity contribution is 5.90. The Morgan fingerprint density at radius 2 is 1.67 bits per heavy atom. The summed E-state index contributed by atoms with van der Waals surface area (Å²) in [4.78, 5) is 16.1. The predicted molar refractivity (Wildman–Crippen MR) is 133 cm³/mol. The van der Waals surface area contributed by atoms with E-state index in [4.69, 9.17) is 9.47 Å². The predicted octanol–water partition coefficient (Wildman–Crippen LogP) is 5.76. The summed E-state index contributed by atoms with van der Waals surface area (Å²) in [6.45, 7) is 4.44. The Hall–Kier alpha value is -3.93. The van der Waals surface area contributed by atoms with Gasteiger partial charge in [0.1, 0.15) is 0 Å². The number of urea groups is 1. The Balaban J connectivity index is 1.62. The van der Waals surface area contributed by atoms with Crippen LogP contribution in [0.15, 0.2) is 66.9 Å². The van der Waals surface area contributed by atoms with E-state index in [-0.39, 0.29) is 11.9 Å². The lowest BCUT2D eigenvalue weighted by atomic mass is 9.90. The number of para-hydroxylation sites is 1. The Bertz CT molecular complexity index is 1260. The van der Waals surface area contributed by atoms with Crippen molar-refractivity contribution in [1.82, 2.24) is 10.3 Å². The number of hydrogen-bond acceptors (Lipinski definition) is 3. The number of aromatic amines is 1. The minimum absolute atomic E-state index is 0.0917. The van der Waals surface area contributed by atoms with Gasteiger partial charge in [-0.25, -0.2) is 4.79 Å². The van der Waals surface area contributed by atoms with Crippen LogP contribution in [0.1, 0.15) is 28.2 Å². The number of rotatable bonds is 7. The molecule has 0 fully saturated rings. The molecule has 6 nitrogen and oxygen atoms in total. The molecule has 2 amide bonds. The number of aromatic nitrogens is 1. The second-order valence-electron chi connectivity index (χ2n) is 8.17. The quantitative estimate of drug-likeness (QED) is 0.340. The standard InChI is InChI=1S/C27H29N3O3/c1-17-11-18(2)13-20(12-17)30-27(31)29-15-22(19-9-10-25(32-3)26(14-19)33-4)23-16-28-24-8-6-5-7-21(23)24/h5-14,16,22,28H,15H2,1-4H3,(H2,29,30,31)/t22-/m0/s1. The van der Waals surface area contributed by atoms with Gasteiger partial charge in [-0.1, -0.05) is 30.3 Å². The molecule has 0 aliphatic rings. The van der Waals surface area contributed by atoms with Gasteiger partial charge in [0.15, 0.2) is 11.5 Å². The van der Waals surface area contributed by atoms with Crippen LogP contribution in [0.2, 0.25) is 0 Å². The molecule has 0 aliphatic heterocycles. The Morgan fingerprint density at radius 1 is 0.939 bits per heavy atom. The van der Waals surface area contributed by atoms with E-state index in [2.05, 4.69) is 27.8 Å². The molecule has 33 heavy (non-hydrogen) atoms. The number of fused-ring (bicyclic) bond motifs is 1. The average molecular weight is 444 g/mol. The number of aryl methyl sites for hydroxylation is 2. The van der Waals surface area contributed by atoms with E-state index in [1.54, 1.807) is 14.2 Å². The lowest BCUT2D eigenvalue weighted by molar-refractivity contribution is 0.252. The molecule has 0 saturated carbocycles. The minimum Gasteiger partial charge on any atom is -0.493 e. The van der Waals surface area contributed by atoms with Crippen molar-refractivity contribution < 1.29 is 14.3 Å². The lowest BCUT2D eigenvalue weighted by Gasteiger charge is -2.20. The molecule has 3 aromatic carbocycles. The number of nitrogens with one attached hydrogen (secondary N) is 3. The molecule has 0 spiro atoms. The fourth-order valence-corrected chi connectivity index (χ4v) is 4.28. The maximum atomic E-state index is 12.8. The number of ether oxygens (including phenoxy) is 2. The summed E-state index contributed by atoms with van der Waals surface area (Å²) >= 11 is 0. The number of methoxy groups -OCH3 is 2. The van der Waals surface area contributed by atoms with Gasteiger partial charge in [0.25, 0.3) is 0 Å². The van der Waals surface area contributed by atoms with Crippen molar-refractivity contribution in [2.24, 2.45) is 0 Å². The highest BCUT2D eigenvalue weighted by Crippen LogP contribution is 2.35. The molecule has 4 rings (SSSR count). The fraction of sp³-hybridized carbons (Fsp3) is 0.222. The van der Waals surface area contributed by atoms with Crippen LogP contribution in [0, 0.1) is 13.8 Å². The summed E-state index contributed by atoms with van der Waals surface area (Å²) in [7, 11) is 3.24. The summed E-state index contributed by atoms with van der Waals surface area (Å²) in [6.07, 6.45) is 2.01. The fourth-order valence-electron chi connectivity index (χ4n) is 4.28. The number of amides is 2. The zero-order valence-corrected chi connectivity index (χ0v) is 19.4. The van der Waals surface area contributed by atoms with Crippen LogP contribution in [0.4, 0.5) is 10.5 Å². The van der Waals surface area contributed by atoms with Crippen LogP contribution in [0.25, 0.3) is 10.9 Å². The van der Waals surface area contributed by atoms with E-state index in [0.29, 0.717) is 18.0 Å². The normalized spacial score (nSPS) is 11.8. The second kappa shape index (κ2) is 9.69. The number of carbonyl (C=O) groups excluding carboxylic acids is 1. The van der Waals surface area contributed by atoms with Crippen molar-refractivity contribution in [2.45, 2.75) is 19.8 Å². The van der Waals surface area contributed by atoms with Crippen LogP contribution in [-0.2, 0) is 0 Å². The third-order valence-corrected chi connectivity index (χ3v) is 5.75. The van der Waals surface area contributed by atoms with Crippen molar-refractivity contribution in [3.63, 3.8) is 0 Å². The van der Waals surface area contributed by atoms with Gasteiger partial charge in [0.05, 0.1) is 14.2 Å². The first-order valence-electron chi connectivity index (χ1n) is 10.9. The molecule has 0 bridgehead atoms. The number of carbonyl (C=O) groups is 1. The molecule has 1 atom stereocenters. The molecular formula is C27H29N3O3. The Labute approximate surface area is 193 Å². The third-order valence-electron chi connectivity index (χ3n) is 5.75. The van der Waals surface area contributed by atoms with Crippen LogP contribution >= 0.6 is 0 Å². The molecule has 0 unspecified atom stereocenters. The Kier molecular flexibility index (Phi) is 6.54. The number of hydrogen-bond donors (Lipinski definition) is 3. The van der Waals surface area contributed by atoms with E-state index >= 15 is 0 Å². The molecule has 0 aliphatic carbocycles. The van der Waals surface area contributed by atoms with Crippen LogP contribution in [-0.4, -0.2) is 31.8 Å². The number of H-pyrrole nitrogens is 1. The van der Waals surface area contributed by atoms with E-state index in [1.165, 1.54) is 0 Å². The second-order valence-corrected chi connectivity index (χ2v) is 8.17. The van der Waals surface area contributed by atoms with Gasteiger partial charge < -0.3 is 25.1 Å². The molecule has 3 N–H and O–H groups in total. The smallest absolute Gasteiger partial charge is 0.319 e. The van der Waals surface area contributed by atoms with E-state index in [0.717, 1.165) is 38.8 Å². The largest absolute Gasteiger partial charge is 0.493 e. The molecule has 0 radical (unpaired) electrons. The van der Waals surface area contributed by atoms with Gasteiger partial charge in [0.2, 0.25) is 0 Å². The van der Waals surface area contributed by atoms with Gasteiger partial charge >= 0.3 is 6.03 Å². The number of anilines is 1.